The van der Waals surface area contributed by atoms with Crippen LogP contribution in [0.1, 0.15) is 24.5 Å². The molecule has 15 heavy (non-hydrogen) atoms. The van der Waals surface area contributed by atoms with Crippen LogP contribution >= 0.6 is 0 Å². The molecule has 0 bridgehead atoms. The zero-order valence-electron chi connectivity index (χ0n) is 8.77. The Morgan fingerprint density at radius 1 is 1.33 bits per heavy atom. The first-order valence-corrected chi connectivity index (χ1v) is 4.84. The third-order valence-electron chi connectivity index (χ3n) is 2.13. The van der Waals surface area contributed by atoms with Gasteiger partial charge < -0.3 is 9.73 Å². The van der Waals surface area contributed by atoms with Gasteiger partial charge in [-0.1, -0.05) is 0 Å². The van der Waals surface area contributed by atoms with Crippen molar-refractivity contribution in [1.82, 2.24) is 9.97 Å². The summed E-state index contributed by atoms with van der Waals surface area (Å²) in [4.78, 5) is 7.94. The molecular weight excluding hydrogens is 190 g/mol. The Morgan fingerprint density at radius 2 is 2.20 bits per heavy atom. The van der Waals surface area contributed by atoms with Gasteiger partial charge in [-0.3, -0.25) is 0 Å². The van der Waals surface area contributed by atoms with Gasteiger partial charge in [-0.05, 0) is 32.0 Å². The summed E-state index contributed by atoms with van der Waals surface area (Å²) < 4.78 is 5.51. The van der Waals surface area contributed by atoms with Crippen LogP contribution in [-0.4, -0.2) is 9.97 Å². The van der Waals surface area contributed by atoms with Crippen molar-refractivity contribution in [2.24, 2.45) is 0 Å². The average molecular weight is 203 g/mol. The maximum Gasteiger partial charge on any atom is 0.129 e. The van der Waals surface area contributed by atoms with Crippen LogP contribution in [0.5, 0.6) is 0 Å². The summed E-state index contributed by atoms with van der Waals surface area (Å²) in [6, 6.07) is 5.85. The summed E-state index contributed by atoms with van der Waals surface area (Å²) >= 11 is 0. The van der Waals surface area contributed by atoms with E-state index in [0.717, 1.165) is 17.3 Å². The van der Waals surface area contributed by atoms with Crippen LogP contribution < -0.4 is 5.32 Å². The molecule has 0 aliphatic carbocycles. The molecule has 2 aromatic heterocycles. The summed E-state index contributed by atoms with van der Waals surface area (Å²) in [7, 11) is 0. The third kappa shape index (κ3) is 2.34. The lowest BCUT2D eigenvalue weighted by Crippen LogP contribution is -2.06. The molecular formula is C11H13N3O. The fraction of sp³-hybridized carbons (Fsp3) is 0.273. The van der Waals surface area contributed by atoms with Gasteiger partial charge in [0.1, 0.15) is 23.7 Å². The molecule has 4 nitrogen and oxygen atoms in total. The minimum atomic E-state index is 0.105. The molecule has 0 aliphatic heterocycles. The first-order chi connectivity index (χ1) is 7.25. The van der Waals surface area contributed by atoms with Crippen LogP contribution in [0.15, 0.2) is 35.1 Å². The minimum Gasteiger partial charge on any atom is -0.464 e. The molecule has 0 radical (unpaired) electrons. The van der Waals surface area contributed by atoms with E-state index in [2.05, 4.69) is 15.3 Å². The lowest BCUT2D eigenvalue weighted by molar-refractivity contribution is 0.466. The highest BCUT2D eigenvalue weighted by molar-refractivity contribution is 5.34. The zero-order chi connectivity index (χ0) is 10.7. The van der Waals surface area contributed by atoms with Crippen molar-refractivity contribution < 1.29 is 4.42 Å². The molecule has 2 aromatic rings. The van der Waals surface area contributed by atoms with Crippen LogP contribution in [0.2, 0.25) is 0 Å². The van der Waals surface area contributed by atoms with E-state index >= 15 is 0 Å². The Kier molecular flexibility index (Phi) is 2.67. The second-order valence-electron chi connectivity index (χ2n) is 3.41. The highest BCUT2D eigenvalue weighted by Crippen LogP contribution is 2.19. The highest BCUT2D eigenvalue weighted by atomic mass is 16.3. The summed E-state index contributed by atoms with van der Waals surface area (Å²) in [6.07, 6.45) is 3.22. The van der Waals surface area contributed by atoms with E-state index < -0.39 is 0 Å². The molecule has 4 heteroatoms. The molecule has 78 valence electrons. The van der Waals surface area contributed by atoms with Gasteiger partial charge in [0.15, 0.2) is 0 Å². The molecule has 0 saturated carbocycles. The molecule has 0 saturated heterocycles. The fourth-order valence-electron chi connectivity index (χ4n) is 1.36. The minimum absolute atomic E-state index is 0.105. The number of anilines is 1. The van der Waals surface area contributed by atoms with Crippen LogP contribution in [0.25, 0.3) is 0 Å². The SMILES string of the molecule is Cc1ccc(C(C)Nc2ccncn2)o1. The number of hydrogen-bond donors (Lipinski definition) is 1. The van der Waals surface area contributed by atoms with Crippen LogP contribution in [-0.2, 0) is 0 Å². The molecule has 1 unspecified atom stereocenters. The molecule has 0 amide bonds. The Labute approximate surface area is 88.4 Å². The van der Waals surface area contributed by atoms with E-state index in [-0.39, 0.29) is 6.04 Å². The molecule has 0 aliphatic rings. The summed E-state index contributed by atoms with van der Waals surface area (Å²) in [5, 5.41) is 3.23. The van der Waals surface area contributed by atoms with Crippen molar-refractivity contribution in [2.75, 3.05) is 5.32 Å². The van der Waals surface area contributed by atoms with Gasteiger partial charge in [0.25, 0.3) is 0 Å². The van der Waals surface area contributed by atoms with Crippen molar-refractivity contribution in [3.63, 3.8) is 0 Å². The number of rotatable bonds is 3. The van der Waals surface area contributed by atoms with Crippen LogP contribution in [0.4, 0.5) is 5.82 Å². The normalized spacial score (nSPS) is 12.4. The predicted octanol–water partition coefficient (Wildman–Crippen LogP) is 2.55. The molecule has 1 atom stereocenters. The van der Waals surface area contributed by atoms with E-state index in [9.17, 15) is 0 Å². The average Bonchev–Trinajstić information content (AvgIpc) is 2.66. The monoisotopic (exact) mass is 203 g/mol. The third-order valence-corrected chi connectivity index (χ3v) is 2.13. The lowest BCUT2D eigenvalue weighted by atomic mass is 10.2. The van der Waals surface area contributed by atoms with E-state index in [4.69, 9.17) is 4.42 Å². The van der Waals surface area contributed by atoms with Gasteiger partial charge in [0.2, 0.25) is 0 Å². The van der Waals surface area contributed by atoms with Gasteiger partial charge >= 0.3 is 0 Å². The molecule has 0 spiro atoms. The maximum atomic E-state index is 5.51. The second-order valence-corrected chi connectivity index (χ2v) is 3.41. The second kappa shape index (κ2) is 4.13. The molecule has 1 N–H and O–H groups in total. The molecule has 0 fully saturated rings. The number of aryl methyl sites for hydroxylation is 1. The van der Waals surface area contributed by atoms with Crippen molar-refractivity contribution in [3.8, 4) is 0 Å². The van der Waals surface area contributed by atoms with Gasteiger partial charge in [-0.25, -0.2) is 9.97 Å². The van der Waals surface area contributed by atoms with Gasteiger partial charge in [0, 0.05) is 6.20 Å². The topological polar surface area (TPSA) is 51.0 Å². The highest BCUT2D eigenvalue weighted by Gasteiger charge is 2.09. The number of aromatic nitrogens is 2. The Hall–Kier alpha value is -1.84. The van der Waals surface area contributed by atoms with E-state index in [1.54, 1.807) is 6.20 Å². The van der Waals surface area contributed by atoms with E-state index in [1.165, 1.54) is 6.33 Å². The van der Waals surface area contributed by atoms with Crippen molar-refractivity contribution in [2.45, 2.75) is 19.9 Å². The van der Waals surface area contributed by atoms with Crippen LogP contribution in [0.3, 0.4) is 0 Å². The van der Waals surface area contributed by atoms with E-state index in [0.29, 0.717) is 0 Å². The Balaban J connectivity index is 2.07. The molecule has 2 heterocycles. The van der Waals surface area contributed by atoms with Gasteiger partial charge in [-0.15, -0.1) is 0 Å². The largest absolute Gasteiger partial charge is 0.464 e. The molecule has 2 rings (SSSR count). The predicted molar refractivity (Wildman–Crippen MR) is 57.5 cm³/mol. The first kappa shape index (κ1) is 9.71. The number of nitrogens with one attached hydrogen (secondary N) is 1. The first-order valence-electron chi connectivity index (χ1n) is 4.84. The van der Waals surface area contributed by atoms with Crippen molar-refractivity contribution in [3.05, 3.63) is 42.2 Å². The molecule has 0 aromatic carbocycles. The summed E-state index contributed by atoms with van der Waals surface area (Å²) in [5.41, 5.74) is 0. The smallest absolute Gasteiger partial charge is 0.129 e. The van der Waals surface area contributed by atoms with Gasteiger partial charge in [-0.2, -0.15) is 0 Å². The van der Waals surface area contributed by atoms with Crippen molar-refractivity contribution >= 4 is 5.82 Å². The Bertz CT molecular complexity index is 424. The summed E-state index contributed by atoms with van der Waals surface area (Å²) in [6.45, 7) is 3.96. The number of nitrogens with zero attached hydrogens (tertiary/aromatic N) is 2. The summed E-state index contributed by atoms with van der Waals surface area (Å²) in [5.74, 6) is 2.62. The Morgan fingerprint density at radius 3 is 2.80 bits per heavy atom. The van der Waals surface area contributed by atoms with Crippen LogP contribution in [0, 0.1) is 6.92 Å². The zero-order valence-corrected chi connectivity index (χ0v) is 8.77. The lowest BCUT2D eigenvalue weighted by Gasteiger charge is -2.11. The van der Waals surface area contributed by atoms with Gasteiger partial charge in [0.05, 0.1) is 6.04 Å². The number of furan rings is 1. The van der Waals surface area contributed by atoms with E-state index in [1.807, 2.05) is 32.0 Å². The van der Waals surface area contributed by atoms with Crippen molar-refractivity contribution in [1.29, 1.82) is 0 Å². The number of hydrogen-bond acceptors (Lipinski definition) is 4. The fourth-order valence-corrected chi connectivity index (χ4v) is 1.36. The standard InChI is InChI=1S/C11H13N3O/c1-8-3-4-10(15-8)9(2)14-11-5-6-12-7-13-11/h3-7,9H,1-2H3,(H,12,13,14). The maximum absolute atomic E-state index is 5.51. The quantitative estimate of drug-likeness (QED) is 0.832.